The van der Waals surface area contributed by atoms with Gasteiger partial charge in [-0.25, -0.2) is 13.8 Å². The normalized spacial score (nSPS) is 10.8. The Morgan fingerprint density at radius 1 is 1.25 bits per heavy atom. The van der Waals surface area contributed by atoms with Crippen LogP contribution in [-0.4, -0.2) is 15.5 Å². The first-order chi connectivity index (χ1) is 11.5. The second-order valence-electron chi connectivity index (χ2n) is 5.32. The fourth-order valence-electron chi connectivity index (χ4n) is 2.39. The average Bonchev–Trinajstić information content (AvgIpc) is 2.53. The summed E-state index contributed by atoms with van der Waals surface area (Å²) in [4.78, 5) is 28.6. The number of halogens is 2. The van der Waals surface area contributed by atoms with Crippen LogP contribution in [0.4, 0.5) is 14.5 Å². The highest BCUT2D eigenvalue weighted by molar-refractivity contribution is 5.91. The second kappa shape index (κ2) is 6.19. The Labute approximate surface area is 135 Å². The number of amides is 1. The second-order valence-corrected chi connectivity index (χ2v) is 5.32. The standard InChI is InChI=1S/C17H13F2N3O2/c1-10-3-2-4-12-16(10)20-9-22(17(12)24)8-15(23)21-14-6-5-11(18)7-13(14)19/h2-7,9H,8H2,1H3,(H,21,23). The maximum absolute atomic E-state index is 13.5. The molecule has 0 saturated heterocycles. The molecule has 2 aromatic carbocycles. The number of anilines is 1. The molecule has 0 saturated carbocycles. The minimum atomic E-state index is -0.886. The number of fused-ring (bicyclic) bond motifs is 1. The smallest absolute Gasteiger partial charge is 0.261 e. The number of benzene rings is 2. The van der Waals surface area contributed by atoms with Gasteiger partial charge in [-0.15, -0.1) is 0 Å². The summed E-state index contributed by atoms with van der Waals surface area (Å²) in [5, 5.41) is 2.71. The summed E-state index contributed by atoms with van der Waals surface area (Å²) in [7, 11) is 0. The van der Waals surface area contributed by atoms with Crippen LogP contribution < -0.4 is 10.9 Å². The predicted octanol–water partition coefficient (Wildman–Crippen LogP) is 2.62. The van der Waals surface area contributed by atoms with Crippen molar-refractivity contribution in [2.75, 3.05) is 5.32 Å². The third kappa shape index (κ3) is 3.01. The fourth-order valence-corrected chi connectivity index (χ4v) is 2.39. The highest BCUT2D eigenvalue weighted by atomic mass is 19.1. The van der Waals surface area contributed by atoms with Gasteiger partial charge in [-0.3, -0.25) is 14.2 Å². The van der Waals surface area contributed by atoms with E-state index in [1.165, 1.54) is 6.33 Å². The van der Waals surface area contributed by atoms with Crippen LogP contribution in [0.5, 0.6) is 0 Å². The lowest BCUT2D eigenvalue weighted by Crippen LogP contribution is -2.28. The average molecular weight is 329 g/mol. The van der Waals surface area contributed by atoms with Crippen LogP contribution in [0.25, 0.3) is 10.9 Å². The van der Waals surface area contributed by atoms with Crippen molar-refractivity contribution < 1.29 is 13.6 Å². The van der Waals surface area contributed by atoms with Crippen LogP contribution in [-0.2, 0) is 11.3 Å². The molecule has 0 aliphatic rings. The highest BCUT2D eigenvalue weighted by Gasteiger charge is 2.11. The molecule has 0 aliphatic heterocycles. The molecule has 0 bridgehead atoms. The minimum absolute atomic E-state index is 0.154. The van der Waals surface area contributed by atoms with E-state index in [-0.39, 0.29) is 17.8 Å². The molecule has 3 rings (SSSR count). The Balaban J connectivity index is 1.86. The van der Waals surface area contributed by atoms with E-state index >= 15 is 0 Å². The number of rotatable bonds is 3. The fraction of sp³-hybridized carbons (Fsp3) is 0.118. The summed E-state index contributed by atoms with van der Waals surface area (Å²) in [6.45, 7) is 1.51. The zero-order chi connectivity index (χ0) is 17.3. The van der Waals surface area contributed by atoms with E-state index in [9.17, 15) is 18.4 Å². The third-order valence-corrected chi connectivity index (χ3v) is 3.57. The number of aromatic nitrogens is 2. The molecule has 1 heterocycles. The lowest BCUT2D eigenvalue weighted by atomic mass is 10.1. The van der Waals surface area contributed by atoms with E-state index < -0.39 is 17.5 Å². The lowest BCUT2D eigenvalue weighted by Gasteiger charge is -2.09. The maximum atomic E-state index is 13.5. The van der Waals surface area contributed by atoms with Crippen LogP contribution in [0.3, 0.4) is 0 Å². The molecule has 0 aliphatic carbocycles. The Kier molecular flexibility index (Phi) is 4.07. The number of hydrogen-bond donors (Lipinski definition) is 1. The van der Waals surface area contributed by atoms with Crippen molar-refractivity contribution in [3.8, 4) is 0 Å². The number of para-hydroxylation sites is 1. The summed E-state index contributed by atoms with van der Waals surface area (Å²) in [5.41, 5.74) is 0.913. The number of nitrogens with one attached hydrogen (secondary N) is 1. The van der Waals surface area contributed by atoms with E-state index in [4.69, 9.17) is 0 Å². The molecular formula is C17H13F2N3O2. The number of hydrogen-bond acceptors (Lipinski definition) is 3. The number of carbonyl (C=O) groups excluding carboxylic acids is 1. The van der Waals surface area contributed by atoms with Crippen molar-refractivity contribution in [2.45, 2.75) is 13.5 Å². The summed E-state index contributed by atoms with van der Waals surface area (Å²) in [6, 6.07) is 8.02. The van der Waals surface area contributed by atoms with Crippen LogP contribution >= 0.6 is 0 Å². The summed E-state index contributed by atoms with van der Waals surface area (Å²) in [5.74, 6) is -2.24. The topological polar surface area (TPSA) is 64.0 Å². The Bertz CT molecular complexity index is 999. The van der Waals surface area contributed by atoms with E-state index in [2.05, 4.69) is 10.3 Å². The Morgan fingerprint density at radius 2 is 2.04 bits per heavy atom. The maximum Gasteiger partial charge on any atom is 0.261 e. The first kappa shape index (κ1) is 15.8. The summed E-state index contributed by atoms with van der Waals surface area (Å²) < 4.78 is 27.5. The van der Waals surface area contributed by atoms with Gasteiger partial charge in [0.15, 0.2) is 0 Å². The predicted molar refractivity (Wildman–Crippen MR) is 85.7 cm³/mol. The van der Waals surface area contributed by atoms with E-state index in [0.717, 1.165) is 22.3 Å². The quantitative estimate of drug-likeness (QED) is 0.803. The highest BCUT2D eigenvalue weighted by Crippen LogP contribution is 2.15. The minimum Gasteiger partial charge on any atom is -0.322 e. The molecule has 1 aromatic heterocycles. The van der Waals surface area contributed by atoms with Crippen LogP contribution in [0, 0.1) is 18.6 Å². The molecule has 1 amide bonds. The van der Waals surface area contributed by atoms with E-state index in [0.29, 0.717) is 17.0 Å². The molecular weight excluding hydrogens is 316 g/mol. The van der Waals surface area contributed by atoms with Crippen molar-refractivity contribution >= 4 is 22.5 Å². The molecule has 7 heteroatoms. The molecule has 1 N–H and O–H groups in total. The van der Waals surface area contributed by atoms with Crippen LogP contribution in [0.15, 0.2) is 47.5 Å². The molecule has 122 valence electrons. The van der Waals surface area contributed by atoms with Gasteiger partial charge in [-0.05, 0) is 30.7 Å². The first-order valence-electron chi connectivity index (χ1n) is 7.15. The first-order valence-corrected chi connectivity index (χ1v) is 7.15. The van der Waals surface area contributed by atoms with Gasteiger partial charge in [-0.2, -0.15) is 0 Å². The van der Waals surface area contributed by atoms with Gasteiger partial charge in [0.25, 0.3) is 5.56 Å². The van der Waals surface area contributed by atoms with E-state index in [1.54, 1.807) is 12.1 Å². The van der Waals surface area contributed by atoms with Gasteiger partial charge in [0.1, 0.15) is 18.2 Å². The monoisotopic (exact) mass is 329 g/mol. The molecule has 24 heavy (non-hydrogen) atoms. The molecule has 5 nitrogen and oxygen atoms in total. The number of carbonyl (C=O) groups is 1. The van der Waals surface area contributed by atoms with Gasteiger partial charge in [0, 0.05) is 6.07 Å². The van der Waals surface area contributed by atoms with Gasteiger partial charge in [0.2, 0.25) is 5.91 Å². The molecule has 0 atom stereocenters. The van der Waals surface area contributed by atoms with Gasteiger partial charge in [-0.1, -0.05) is 12.1 Å². The third-order valence-electron chi connectivity index (χ3n) is 3.57. The summed E-state index contributed by atoms with van der Waals surface area (Å²) in [6.07, 6.45) is 1.28. The van der Waals surface area contributed by atoms with Crippen LogP contribution in [0.1, 0.15) is 5.56 Å². The van der Waals surface area contributed by atoms with Crippen molar-refractivity contribution in [1.82, 2.24) is 9.55 Å². The Hall–Kier alpha value is -3.09. The van der Waals surface area contributed by atoms with Gasteiger partial charge < -0.3 is 5.32 Å². The molecule has 3 aromatic rings. The van der Waals surface area contributed by atoms with Crippen LogP contribution in [0.2, 0.25) is 0 Å². The van der Waals surface area contributed by atoms with Crippen molar-refractivity contribution in [3.63, 3.8) is 0 Å². The summed E-state index contributed by atoms with van der Waals surface area (Å²) >= 11 is 0. The lowest BCUT2D eigenvalue weighted by molar-refractivity contribution is -0.116. The number of nitrogens with zero attached hydrogens (tertiary/aromatic N) is 2. The molecule has 0 spiro atoms. The largest absolute Gasteiger partial charge is 0.322 e. The van der Waals surface area contributed by atoms with Crippen molar-refractivity contribution in [3.05, 3.63) is 70.3 Å². The van der Waals surface area contributed by atoms with Gasteiger partial charge in [0.05, 0.1) is 22.9 Å². The SMILES string of the molecule is Cc1cccc2c(=O)n(CC(=O)Nc3ccc(F)cc3F)cnc12. The van der Waals surface area contributed by atoms with E-state index in [1.807, 2.05) is 13.0 Å². The van der Waals surface area contributed by atoms with Crippen molar-refractivity contribution in [2.24, 2.45) is 0 Å². The van der Waals surface area contributed by atoms with Gasteiger partial charge >= 0.3 is 0 Å². The molecule has 0 unspecified atom stereocenters. The zero-order valence-corrected chi connectivity index (χ0v) is 12.7. The molecule has 0 radical (unpaired) electrons. The Morgan fingerprint density at radius 3 is 2.79 bits per heavy atom. The zero-order valence-electron chi connectivity index (χ0n) is 12.7. The number of aryl methyl sites for hydroxylation is 1. The van der Waals surface area contributed by atoms with Crippen molar-refractivity contribution in [1.29, 1.82) is 0 Å². The molecule has 0 fully saturated rings.